The van der Waals surface area contributed by atoms with Crippen LogP contribution in [0.15, 0.2) is 72.8 Å². The lowest BCUT2D eigenvalue weighted by Gasteiger charge is -2.00. The summed E-state index contributed by atoms with van der Waals surface area (Å²) in [7, 11) is 0. The van der Waals surface area contributed by atoms with Gasteiger partial charge in [0.25, 0.3) is 0 Å². The second-order valence-corrected chi connectivity index (χ2v) is 5.59. The van der Waals surface area contributed by atoms with E-state index in [1.807, 2.05) is 32.0 Å². The van der Waals surface area contributed by atoms with Crippen molar-refractivity contribution < 1.29 is 0 Å². The molecule has 0 amide bonds. The van der Waals surface area contributed by atoms with E-state index in [0.29, 0.717) is 0 Å². The fraction of sp³-hybridized carbons (Fsp3) is 0.217. The van der Waals surface area contributed by atoms with Crippen molar-refractivity contribution in [3.05, 3.63) is 83.9 Å². The van der Waals surface area contributed by atoms with Crippen LogP contribution in [0.3, 0.4) is 0 Å². The van der Waals surface area contributed by atoms with E-state index in [1.165, 1.54) is 22.3 Å². The molecule has 3 aromatic rings. The van der Waals surface area contributed by atoms with Crippen LogP contribution in [0.1, 0.15) is 31.9 Å². The first kappa shape index (κ1) is 20.3. The quantitative estimate of drug-likeness (QED) is 0.556. The number of nitrogens with two attached hydrogens (primary N) is 2. The minimum absolute atomic E-state index is 0.747. The monoisotopic (exact) mass is 334 g/mol. The Kier molecular flexibility index (Phi) is 8.87. The van der Waals surface area contributed by atoms with E-state index in [9.17, 15) is 0 Å². The van der Waals surface area contributed by atoms with Crippen molar-refractivity contribution in [2.45, 2.75) is 34.1 Å². The molecule has 0 saturated carbocycles. The first-order valence-corrected chi connectivity index (χ1v) is 8.85. The van der Waals surface area contributed by atoms with Crippen LogP contribution in [-0.4, -0.2) is 0 Å². The number of hydrogen-bond donors (Lipinski definition) is 2. The smallest absolute Gasteiger partial charge is 0.0337 e. The summed E-state index contributed by atoms with van der Waals surface area (Å²) in [5, 5.41) is 0. The molecular formula is C23H30N2. The Labute approximate surface area is 152 Å². The van der Waals surface area contributed by atoms with Gasteiger partial charge in [-0.3, -0.25) is 0 Å². The lowest BCUT2D eigenvalue weighted by molar-refractivity contribution is 1.14. The van der Waals surface area contributed by atoms with E-state index < -0.39 is 0 Å². The van der Waals surface area contributed by atoms with Crippen molar-refractivity contribution in [3.8, 4) is 11.1 Å². The van der Waals surface area contributed by atoms with Gasteiger partial charge in [0.15, 0.2) is 0 Å². The molecule has 132 valence electrons. The van der Waals surface area contributed by atoms with Crippen LogP contribution >= 0.6 is 0 Å². The van der Waals surface area contributed by atoms with Crippen LogP contribution in [-0.2, 0) is 6.42 Å². The highest BCUT2D eigenvalue weighted by atomic mass is 14.6. The molecule has 0 aliphatic rings. The molecule has 0 aliphatic heterocycles. The Bertz CT molecular complexity index is 712. The van der Waals surface area contributed by atoms with Crippen molar-refractivity contribution >= 4 is 11.4 Å². The van der Waals surface area contributed by atoms with Gasteiger partial charge in [0.1, 0.15) is 0 Å². The van der Waals surface area contributed by atoms with E-state index in [1.54, 1.807) is 6.07 Å². The average Bonchev–Trinajstić information content (AvgIpc) is 2.64. The maximum atomic E-state index is 5.56. The Balaban J connectivity index is 0.000000235. The van der Waals surface area contributed by atoms with E-state index >= 15 is 0 Å². The standard InChI is InChI=1S/C13H12.C8H12N2.C2H6/c1-11-7-9-13(10-8-11)12-5-3-2-4-6-12;1-2-6-3-7(9)5-8(10)4-6;1-2/h2-10H,1H3;3-5H,2,9-10H2,1H3;1-2H3. The number of nitrogen functional groups attached to an aromatic ring is 2. The highest BCUT2D eigenvalue weighted by Crippen LogP contribution is 2.18. The first-order chi connectivity index (χ1) is 12.1. The third-order valence-electron chi connectivity index (χ3n) is 3.60. The van der Waals surface area contributed by atoms with Crippen LogP contribution in [0.25, 0.3) is 11.1 Å². The lowest BCUT2D eigenvalue weighted by atomic mass is 10.0. The van der Waals surface area contributed by atoms with Crippen molar-refractivity contribution in [1.29, 1.82) is 0 Å². The number of anilines is 2. The second kappa shape index (κ2) is 10.9. The van der Waals surface area contributed by atoms with E-state index in [0.717, 1.165) is 17.8 Å². The molecule has 3 rings (SSSR count). The third-order valence-corrected chi connectivity index (χ3v) is 3.60. The summed E-state index contributed by atoms with van der Waals surface area (Å²) in [4.78, 5) is 0. The van der Waals surface area contributed by atoms with Gasteiger partial charge in [0.2, 0.25) is 0 Å². The normalized spacial score (nSPS) is 9.28. The molecule has 2 heteroatoms. The summed E-state index contributed by atoms with van der Waals surface area (Å²) in [6.45, 7) is 8.18. The predicted octanol–water partition coefficient (Wildman–Crippen LogP) is 6.10. The molecule has 25 heavy (non-hydrogen) atoms. The van der Waals surface area contributed by atoms with Crippen LogP contribution in [0.2, 0.25) is 0 Å². The Morgan fingerprint density at radius 2 is 1.16 bits per heavy atom. The Morgan fingerprint density at radius 3 is 1.64 bits per heavy atom. The molecule has 0 spiro atoms. The van der Waals surface area contributed by atoms with Crippen LogP contribution in [0.4, 0.5) is 11.4 Å². The van der Waals surface area contributed by atoms with Crippen molar-refractivity contribution in [3.63, 3.8) is 0 Å². The Morgan fingerprint density at radius 1 is 0.680 bits per heavy atom. The summed E-state index contributed by atoms with van der Waals surface area (Å²) < 4.78 is 0. The first-order valence-electron chi connectivity index (χ1n) is 8.85. The van der Waals surface area contributed by atoms with Crippen LogP contribution in [0.5, 0.6) is 0 Å². The fourth-order valence-electron chi connectivity index (χ4n) is 2.33. The van der Waals surface area contributed by atoms with Gasteiger partial charge in [-0.15, -0.1) is 0 Å². The number of aryl methyl sites for hydroxylation is 2. The molecule has 0 fully saturated rings. The molecule has 0 radical (unpaired) electrons. The van der Waals surface area contributed by atoms with Gasteiger partial charge in [-0.05, 0) is 48.2 Å². The van der Waals surface area contributed by atoms with E-state index in [2.05, 4.69) is 62.4 Å². The predicted molar refractivity (Wildman–Crippen MR) is 113 cm³/mol. The molecule has 3 aromatic carbocycles. The largest absolute Gasteiger partial charge is 0.399 e. The molecule has 0 unspecified atom stereocenters. The summed E-state index contributed by atoms with van der Waals surface area (Å²) >= 11 is 0. The molecular weight excluding hydrogens is 304 g/mol. The maximum Gasteiger partial charge on any atom is 0.0337 e. The van der Waals surface area contributed by atoms with Gasteiger partial charge >= 0.3 is 0 Å². The van der Waals surface area contributed by atoms with Gasteiger partial charge < -0.3 is 11.5 Å². The Hall–Kier alpha value is -2.74. The molecule has 2 nitrogen and oxygen atoms in total. The summed E-state index contributed by atoms with van der Waals surface area (Å²) in [6, 6.07) is 24.7. The number of rotatable bonds is 2. The molecule has 0 heterocycles. The van der Waals surface area contributed by atoms with Gasteiger partial charge in [-0.1, -0.05) is 80.9 Å². The highest BCUT2D eigenvalue weighted by Gasteiger charge is 1.94. The lowest BCUT2D eigenvalue weighted by Crippen LogP contribution is -1.92. The summed E-state index contributed by atoms with van der Waals surface area (Å²) in [6.07, 6.45) is 0.981. The van der Waals surface area contributed by atoms with E-state index in [-0.39, 0.29) is 0 Å². The summed E-state index contributed by atoms with van der Waals surface area (Å²) in [5.41, 5.74) is 17.7. The van der Waals surface area contributed by atoms with Gasteiger partial charge in [0.05, 0.1) is 0 Å². The average molecular weight is 335 g/mol. The topological polar surface area (TPSA) is 52.0 Å². The molecule has 0 saturated heterocycles. The summed E-state index contributed by atoms with van der Waals surface area (Å²) in [5.74, 6) is 0. The minimum atomic E-state index is 0.747. The van der Waals surface area contributed by atoms with Gasteiger partial charge in [-0.2, -0.15) is 0 Å². The van der Waals surface area contributed by atoms with Gasteiger partial charge in [-0.25, -0.2) is 0 Å². The van der Waals surface area contributed by atoms with E-state index in [4.69, 9.17) is 11.5 Å². The molecule has 0 aliphatic carbocycles. The zero-order valence-corrected chi connectivity index (χ0v) is 15.8. The van der Waals surface area contributed by atoms with Gasteiger partial charge in [0, 0.05) is 11.4 Å². The van der Waals surface area contributed by atoms with Crippen LogP contribution in [0, 0.1) is 6.92 Å². The SMILES string of the molecule is CC.CCc1cc(N)cc(N)c1.Cc1ccc(-c2ccccc2)cc1. The minimum Gasteiger partial charge on any atom is -0.399 e. The zero-order valence-electron chi connectivity index (χ0n) is 15.8. The zero-order chi connectivity index (χ0) is 18.7. The number of hydrogen-bond acceptors (Lipinski definition) is 2. The van der Waals surface area contributed by atoms with Crippen molar-refractivity contribution in [2.75, 3.05) is 11.5 Å². The fourth-order valence-corrected chi connectivity index (χ4v) is 2.33. The van der Waals surface area contributed by atoms with Crippen molar-refractivity contribution in [1.82, 2.24) is 0 Å². The maximum absolute atomic E-state index is 5.56. The molecule has 4 N–H and O–H groups in total. The van der Waals surface area contributed by atoms with Crippen LogP contribution < -0.4 is 11.5 Å². The van der Waals surface area contributed by atoms with Crippen molar-refractivity contribution in [2.24, 2.45) is 0 Å². The second-order valence-electron chi connectivity index (χ2n) is 5.59. The third kappa shape index (κ3) is 7.13. The number of benzene rings is 3. The molecule has 0 atom stereocenters. The molecule has 0 aromatic heterocycles. The molecule has 0 bridgehead atoms. The highest BCUT2D eigenvalue weighted by molar-refractivity contribution is 5.63.